The fourth-order valence-corrected chi connectivity index (χ4v) is 2.60. The topological polar surface area (TPSA) is 0 Å². The Labute approximate surface area is 156 Å². The van der Waals surface area contributed by atoms with E-state index in [1.165, 1.54) is 20.2 Å². The van der Waals surface area contributed by atoms with Crippen molar-refractivity contribution in [1.82, 2.24) is 0 Å². The Morgan fingerprint density at radius 2 is 1.93 bits per heavy atom. The van der Waals surface area contributed by atoms with Crippen molar-refractivity contribution in [2.24, 2.45) is 0 Å². The fourth-order valence-electron chi connectivity index (χ4n) is 1.54. The van der Waals surface area contributed by atoms with Crippen LogP contribution in [-0.2, 0) is 20.4 Å². The molecular weight excluding hydrogens is 448 g/mol. The van der Waals surface area contributed by atoms with Crippen molar-refractivity contribution in [1.29, 1.82) is 0 Å². The van der Waals surface area contributed by atoms with Gasteiger partial charge in [-0.2, -0.15) is 29.0 Å². The summed E-state index contributed by atoms with van der Waals surface area (Å²) in [6, 6.07) is 18.6. The number of fused-ring (bicyclic) bond motifs is 3. The maximum Gasteiger partial charge on any atom is 1.00 e. The number of hydrogen-bond donors (Lipinski definition) is 0. The van der Waals surface area contributed by atoms with Crippen molar-refractivity contribution in [2.45, 2.75) is 0 Å². The number of thiophene rings is 1. The Hall–Kier alpha value is 1.13. The van der Waals surface area contributed by atoms with Gasteiger partial charge in [0.1, 0.15) is 0 Å². The van der Waals surface area contributed by atoms with Crippen LogP contribution in [0.2, 0.25) is 0 Å². The Balaban J connectivity index is 0.000000562. The second-order valence-corrected chi connectivity index (χ2v) is 4.02. The molecule has 15 heavy (non-hydrogen) atoms. The molecule has 0 aliphatic carbocycles. The Morgan fingerprint density at radius 3 is 2.80 bits per heavy atom. The molecule has 3 rings (SSSR count). The molecule has 0 aliphatic rings. The minimum Gasteiger partial charge on any atom is -0.267 e. The summed E-state index contributed by atoms with van der Waals surface area (Å²) in [5.41, 5.74) is 0. The first-order valence-corrected chi connectivity index (χ1v) is 4.96. The van der Waals surface area contributed by atoms with Gasteiger partial charge in [-0.1, -0.05) is 4.70 Å². The summed E-state index contributed by atoms with van der Waals surface area (Å²) in [5.74, 6) is 0. The van der Waals surface area contributed by atoms with E-state index >= 15 is 0 Å². The molecule has 0 unspecified atom stereocenters. The van der Waals surface area contributed by atoms with Gasteiger partial charge in [0.2, 0.25) is 0 Å². The molecule has 1 heterocycles. The molecule has 0 atom stereocenters. The van der Waals surface area contributed by atoms with Gasteiger partial charge in [0, 0.05) is 20.4 Å². The third-order valence-electron chi connectivity index (χ3n) is 2.13. The van der Waals surface area contributed by atoms with Crippen LogP contribution in [0, 0.1) is 12.1 Å². The van der Waals surface area contributed by atoms with Crippen LogP contribution in [-0.4, -0.2) is 0 Å². The molecule has 1 aromatic heterocycles. The smallest absolute Gasteiger partial charge is 0.267 e. The summed E-state index contributed by atoms with van der Waals surface area (Å²) in [4.78, 5) is 0. The minimum absolute atomic E-state index is 0. The Kier molecular flexibility index (Phi) is 5.83. The van der Waals surface area contributed by atoms with Gasteiger partial charge in [-0.3, -0.25) is 11.3 Å². The van der Waals surface area contributed by atoms with Gasteiger partial charge in [0.25, 0.3) is 0 Å². The SMILES string of the molecule is [Rb+].[Re].[c-]1ccc2c(c1)sc1ccc[c-]c12. The molecule has 3 aromatic rings. The van der Waals surface area contributed by atoms with Crippen molar-refractivity contribution < 1.29 is 78.6 Å². The third-order valence-corrected chi connectivity index (χ3v) is 3.25. The van der Waals surface area contributed by atoms with E-state index in [-0.39, 0.29) is 78.6 Å². The summed E-state index contributed by atoms with van der Waals surface area (Å²) in [6.45, 7) is 0. The number of rotatable bonds is 0. The predicted molar refractivity (Wildman–Crippen MR) is 57.0 cm³/mol. The molecule has 0 spiro atoms. The maximum absolute atomic E-state index is 3.27. The van der Waals surface area contributed by atoms with Gasteiger partial charge in [-0.25, -0.2) is 6.07 Å². The third kappa shape index (κ3) is 2.69. The summed E-state index contributed by atoms with van der Waals surface area (Å²) in [6.07, 6.45) is 0. The van der Waals surface area contributed by atoms with Gasteiger partial charge in [-0.05, 0) is 0 Å². The van der Waals surface area contributed by atoms with Gasteiger partial charge in [0.05, 0.1) is 0 Å². The minimum atomic E-state index is 0. The molecule has 0 aliphatic heterocycles. The van der Waals surface area contributed by atoms with Crippen molar-refractivity contribution in [2.75, 3.05) is 0 Å². The van der Waals surface area contributed by atoms with Crippen LogP contribution in [0.25, 0.3) is 20.2 Å². The van der Waals surface area contributed by atoms with E-state index in [1.807, 2.05) is 24.3 Å². The van der Waals surface area contributed by atoms with Crippen LogP contribution in [0.1, 0.15) is 0 Å². The van der Waals surface area contributed by atoms with Gasteiger partial charge in [0.15, 0.2) is 0 Å². The van der Waals surface area contributed by atoms with Crippen molar-refractivity contribution in [3.05, 3.63) is 48.5 Å². The molecule has 69 valence electrons. The zero-order valence-electron chi connectivity index (χ0n) is 8.25. The molecule has 2 aromatic carbocycles. The second-order valence-electron chi connectivity index (χ2n) is 2.93. The summed E-state index contributed by atoms with van der Waals surface area (Å²) < 4.78 is 2.59. The van der Waals surface area contributed by atoms with Crippen LogP contribution >= 0.6 is 11.3 Å². The largest absolute Gasteiger partial charge is 1.00 e. The van der Waals surface area contributed by atoms with Crippen molar-refractivity contribution in [3.8, 4) is 0 Å². The van der Waals surface area contributed by atoms with Gasteiger partial charge >= 0.3 is 58.2 Å². The summed E-state index contributed by atoms with van der Waals surface area (Å²) in [5, 5.41) is 2.52. The first-order chi connectivity index (χ1) is 6.45. The van der Waals surface area contributed by atoms with E-state index < -0.39 is 0 Å². The van der Waals surface area contributed by atoms with Crippen LogP contribution in [0.4, 0.5) is 0 Å². The predicted octanol–water partition coefficient (Wildman–Crippen LogP) is 0.656. The van der Waals surface area contributed by atoms with Crippen LogP contribution in [0.15, 0.2) is 36.4 Å². The second kappa shape index (κ2) is 6.17. The first-order valence-electron chi connectivity index (χ1n) is 4.14. The molecule has 1 radical (unpaired) electrons. The van der Waals surface area contributed by atoms with E-state index in [4.69, 9.17) is 0 Å². The molecule has 0 amide bonds. The monoisotopic (exact) mass is 454 g/mol. The zero-order valence-corrected chi connectivity index (χ0v) is 16.7. The van der Waals surface area contributed by atoms with Crippen LogP contribution < -0.4 is 58.2 Å². The van der Waals surface area contributed by atoms with Gasteiger partial charge < -0.3 is 0 Å². The molecule has 0 fully saturated rings. The van der Waals surface area contributed by atoms with Crippen molar-refractivity contribution >= 4 is 31.5 Å². The number of hydrogen-bond acceptors (Lipinski definition) is 1. The van der Waals surface area contributed by atoms with E-state index in [9.17, 15) is 0 Å². The van der Waals surface area contributed by atoms with E-state index in [0.29, 0.717) is 0 Å². The summed E-state index contributed by atoms with van der Waals surface area (Å²) >= 11 is 1.80. The standard InChI is InChI=1S/C12H6S.Rb.Re/c1-3-7-11-9(5-1)10-6-2-4-8-12(10)13-11;;/h1-3,6-8H;;/q-2;+1;. The van der Waals surface area contributed by atoms with E-state index in [1.54, 1.807) is 11.3 Å². The van der Waals surface area contributed by atoms with Crippen LogP contribution in [0.5, 0.6) is 0 Å². The Morgan fingerprint density at radius 1 is 1.07 bits per heavy atom. The quantitative estimate of drug-likeness (QED) is 0.439. The molecule has 0 nitrogen and oxygen atoms in total. The molecular formula is C12H6RbReS-. The average molecular weight is 454 g/mol. The summed E-state index contributed by atoms with van der Waals surface area (Å²) in [7, 11) is 0. The fraction of sp³-hybridized carbons (Fsp3) is 0. The molecule has 0 saturated heterocycles. The molecule has 0 bridgehead atoms. The normalized spacial score (nSPS) is 9.60. The van der Waals surface area contributed by atoms with Gasteiger partial charge in [-0.15, -0.1) is 29.0 Å². The Bertz CT molecular complexity index is 523. The maximum atomic E-state index is 3.27. The van der Waals surface area contributed by atoms with Crippen molar-refractivity contribution in [3.63, 3.8) is 0 Å². The first kappa shape index (κ1) is 14.2. The van der Waals surface area contributed by atoms with Crippen LogP contribution in [0.3, 0.4) is 0 Å². The zero-order chi connectivity index (χ0) is 8.67. The van der Waals surface area contributed by atoms with E-state index in [0.717, 1.165) is 0 Å². The molecule has 0 saturated carbocycles. The van der Waals surface area contributed by atoms with E-state index in [2.05, 4.69) is 24.3 Å². The number of benzene rings is 2. The average Bonchev–Trinajstić information content (AvgIpc) is 2.56. The molecule has 0 N–H and O–H groups in total. The molecule has 3 heteroatoms.